The molecule has 2 amide bonds. The van der Waals surface area contributed by atoms with Crippen LogP contribution in [0.4, 0.5) is 5.69 Å². The van der Waals surface area contributed by atoms with Crippen LogP contribution in [0.15, 0.2) is 18.2 Å². The Morgan fingerprint density at radius 2 is 1.96 bits per heavy atom. The predicted molar refractivity (Wildman–Crippen MR) is 91.6 cm³/mol. The predicted octanol–water partition coefficient (Wildman–Crippen LogP) is 2.32. The molecule has 0 bridgehead atoms. The molecule has 2 fully saturated rings. The molecule has 1 aromatic carbocycles. The first-order valence-corrected chi connectivity index (χ1v) is 9.95. The summed E-state index contributed by atoms with van der Waals surface area (Å²) in [6.45, 7) is 1.57. The summed E-state index contributed by atoms with van der Waals surface area (Å²) in [5, 5.41) is 3.15. The number of hydrogen-bond acceptors (Lipinski definition) is 4. The Morgan fingerprint density at radius 1 is 1.29 bits per heavy atom. The molecule has 1 aliphatic heterocycles. The average Bonchev–Trinajstić information content (AvgIpc) is 3.07. The van der Waals surface area contributed by atoms with Gasteiger partial charge in [0.2, 0.25) is 15.9 Å². The average molecular weight is 371 g/mol. The molecule has 1 N–H and O–H groups in total. The number of nitrogens with zero attached hydrogens (tertiary/aromatic N) is 1. The third-order valence-corrected chi connectivity index (χ3v) is 6.68. The minimum atomic E-state index is -3.71. The summed E-state index contributed by atoms with van der Waals surface area (Å²) in [5.74, 6) is -1.65. The van der Waals surface area contributed by atoms with Crippen LogP contribution >= 0.6 is 11.6 Å². The SMILES string of the molecule is CC1CS(=O)(=O)N(c2ccc(Cl)c(C(=O)NC3CCCC3)c2)C1=O. The maximum atomic E-state index is 12.4. The summed E-state index contributed by atoms with van der Waals surface area (Å²) >= 11 is 6.11. The highest BCUT2D eigenvalue weighted by atomic mass is 35.5. The molecule has 8 heteroatoms. The smallest absolute Gasteiger partial charge is 0.253 e. The van der Waals surface area contributed by atoms with E-state index in [0.717, 1.165) is 30.0 Å². The monoisotopic (exact) mass is 370 g/mol. The van der Waals surface area contributed by atoms with Gasteiger partial charge >= 0.3 is 0 Å². The third-order valence-electron chi connectivity index (χ3n) is 4.48. The van der Waals surface area contributed by atoms with Gasteiger partial charge in [0, 0.05) is 6.04 Å². The molecular weight excluding hydrogens is 352 g/mol. The highest BCUT2D eigenvalue weighted by molar-refractivity contribution is 7.94. The second-order valence-electron chi connectivity index (χ2n) is 6.40. The summed E-state index contributed by atoms with van der Waals surface area (Å²) in [6, 6.07) is 4.39. The number of carbonyl (C=O) groups is 2. The minimum absolute atomic E-state index is 0.120. The number of hydrogen-bond donors (Lipinski definition) is 1. The summed E-state index contributed by atoms with van der Waals surface area (Å²) in [4.78, 5) is 24.6. The molecule has 130 valence electrons. The van der Waals surface area contributed by atoms with Crippen LogP contribution < -0.4 is 9.62 Å². The summed E-state index contributed by atoms with van der Waals surface area (Å²) in [5.41, 5.74) is 0.342. The lowest BCUT2D eigenvalue weighted by atomic mass is 10.1. The van der Waals surface area contributed by atoms with Crippen LogP contribution in [0, 0.1) is 5.92 Å². The fourth-order valence-electron chi connectivity index (χ4n) is 3.23. The van der Waals surface area contributed by atoms with Gasteiger partial charge in [-0.1, -0.05) is 31.4 Å². The zero-order valence-corrected chi connectivity index (χ0v) is 14.9. The van der Waals surface area contributed by atoms with Crippen molar-refractivity contribution in [2.24, 2.45) is 5.92 Å². The van der Waals surface area contributed by atoms with Gasteiger partial charge in [-0.25, -0.2) is 12.7 Å². The fraction of sp³-hybridized carbons (Fsp3) is 0.500. The number of anilines is 1. The van der Waals surface area contributed by atoms with Gasteiger partial charge in [0.1, 0.15) is 0 Å². The maximum absolute atomic E-state index is 12.4. The number of halogens is 1. The number of carbonyl (C=O) groups excluding carboxylic acids is 2. The van der Waals surface area contributed by atoms with E-state index in [1.807, 2.05) is 0 Å². The summed E-state index contributed by atoms with van der Waals surface area (Å²) in [7, 11) is -3.71. The van der Waals surface area contributed by atoms with Crippen LogP contribution in [0.25, 0.3) is 0 Å². The van der Waals surface area contributed by atoms with Crippen LogP contribution in [0.1, 0.15) is 43.0 Å². The molecule has 2 aliphatic rings. The van der Waals surface area contributed by atoms with Crippen LogP contribution in [-0.2, 0) is 14.8 Å². The molecule has 6 nitrogen and oxygen atoms in total. The van der Waals surface area contributed by atoms with Crippen LogP contribution in [0.5, 0.6) is 0 Å². The molecule has 0 aromatic heterocycles. The largest absolute Gasteiger partial charge is 0.349 e. The zero-order chi connectivity index (χ0) is 17.5. The minimum Gasteiger partial charge on any atom is -0.349 e. The molecule has 1 saturated heterocycles. The van der Waals surface area contributed by atoms with Crippen LogP contribution in [-0.4, -0.2) is 32.0 Å². The molecule has 1 aromatic rings. The van der Waals surface area contributed by atoms with Crippen LogP contribution in [0.2, 0.25) is 5.02 Å². The van der Waals surface area contributed by atoms with Gasteiger partial charge in [0.05, 0.1) is 27.9 Å². The Kier molecular flexibility index (Phi) is 4.57. The summed E-state index contributed by atoms with van der Waals surface area (Å²) in [6.07, 6.45) is 4.02. The number of nitrogens with one attached hydrogen (secondary N) is 1. The van der Waals surface area contributed by atoms with E-state index in [1.54, 1.807) is 6.92 Å². The zero-order valence-electron chi connectivity index (χ0n) is 13.3. The standard InChI is InChI=1S/C16H19ClN2O4S/c1-10-9-24(22,23)19(16(10)21)12-6-7-14(17)13(8-12)15(20)18-11-4-2-3-5-11/h6-8,10-11H,2-5,9H2,1H3,(H,18,20). The number of amides is 2. The van der Waals surface area contributed by atoms with Gasteiger partial charge in [-0.2, -0.15) is 0 Å². The molecule has 1 atom stereocenters. The van der Waals surface area contributed by atoms with Crippen molar-refractivity contribution >= 4 is 39.1 Å². The molecule has 24 heavy (non-hydrogen) atoms. The Bertz CT molecular complexity index is 787. The number of sulfonamides is 1. The Balaban J connectivity index is 1.91. The quantitative estimate of drug-likeness (QED) is 0.885. The molecular formula is C16H19ClN2O4S. The van der Waals surface area contributed by atoms with Gasteiger partial charge in [0.15, 0.2) is 0 Å². The number of benzene rings is 1. The van der Waals surface area contributed by atoms with Crippen molar-refractivity contribution < 1.29 is 18.0 Å². The lowest BCUT2D eigenvalue weighted by Gasteiger charge is -2.18. The van der Waals surface area contributed by atoms with Crippen molar-refractivity contribution in [3.63, 3.8) is 0 Å². The van der Waals surface area contributed by atoms with E-state index in [9.17, 15) is 18.0 Å². The lowest BCUT2D eigenvalue weighted by molar-refractivity contribution is -0.119. The first-order chi connectivity index (χ1) is 11.3. The molecule has 1 saturated carbocycles. The van der Waals surface area contributed by atoms with E-state index in [2.05, 4.69) is 5.32 Å². The maximum Gasteiger partial charge on any atom is 0.253 e. The molecule has 3 rings (SSSR count). The van der Waals surface area contributed by atoms with Crippen molar-refractivity contribution in [1.29, 1.82) is 0 Å². The van der Waals surface area contributed by atoms with Gasteiger partial charge in [-0.3, -0.25) is 9.59 Å². The fourth-order valence-corrected chi connectivity index (χ4v) is 5.25. The second-order valence-corrected chi connectivity index (χ2v) is 8.67. The van der Waals surface area contributed by atoms with Gasteiger partial charge in [-0.15, -0.1) is 0 Å². The lowest BCUT2D eigenvalue weighted by Crippen LogP contribution is -2.33. The van der Waals surface area contributed by atoms with E-state index in [-0.39, 0.29) is 34.0 Å². The van der Waals surface area contributed by atoms with Crippen LogP contribution in [0.3, 0.4) is 0 Å². The van der Waals surface area contributed by atoms with E-state index in [4.69, 9.17) is 11.6 Å². The first kappa shape index (κ1) is 17.2. The molecule has 1 unspecified atom stereocenters. The Labute approximate surface area is 146 Å². The van der Waals surface area contributed by atoms with E-state index < -0.39 is 21.8 Å². The van der Waals surface area contributed by atoms with Crippen molar-refractivity contribution in [2.75, 3.05) is 10.1 Å². The first-order valence-electron chi connectivity index (χ1n) is 7.97. The molecule has 1 heterocycles. The van der Waals surface area contributed by atoms with Crippen molar-refractivity contribution in [2.45, 2.75) is 38.6 Å². The highest BCUT2D eigenvalue weighted by Crippen LogP contribution is 2.31. The molecule has 1 aliphatic carbocycles. The van der Waals surface area contributed by atoms with Crippen molar-refractivity contribution in [1.82, 2.24) is 5.32 Å². The van der Waals surface area contributed by atoms with Gasteiger partial charge < -0.3 is 5.32 Å². The van der Waals surface area contributed by atoms with Gasteiger partial charge in [-0.05, 0) is 31.0 Å². The second kappa shape index (κ2) is 6.37. The molecule has 0 radical (unpaired) electrons. The highest BCUT2D eigenvalue weighted by Gasteiger charge is 2.42. The van der Waals surface area contributed by atoms with E-state index in [0.29, 0.717) is 0 Å². The number of rotatable bonds is 3. The Morgan fingerprint density at radius 3 is 2.54 bits per heavy atom. The van der Waals surface area contributed by atoms with Crippen molar-refractivity contribution in [3.05, 3.63) is 28.8 Å². The normalized spacial score (nSPS) is 23.7. The summed E-state index contributed by atoms with van der Waals surface area (Å²) < 4.78 is 25.2. The van der Waals surface area contributed by atoms with Gasteiger partial charge in [0.25, 0.3) is 5.91 Å². The van der Waals surface area contributed by atoms with E-state index >= 15 is 0 Å². The topological polar surface area (TPSA) is 83.6 Å². The van der Waals surface area contributed by atoms with Crippen molar-refractivity contribution in [3.8, 4) is 0 Å². The van der Waals surface area contributed by atoms with E-state index in [1.165, 1.54) is 18.2 Å². The Hall–Kier alpha value is -1.60. The molecule has 0 spiro atoms. The third kappa shape index (κ3) is 3.15.